The van der Waals surface area contributed by atoms with Gasteiger partial charge in [0.25, 0.3) is 16.8 Å². The van der Waals surface area contributed by atoms with Crippen LogP contribution in [0.15, 0.2) is 70.0 Å². The first-order valence-corrected chi connectivity index (χ1v) is 9.95. The molecular weight excluding hydrogens is 428 g/mol. The maximum atomic E-state index is 12.7. The van der Waals surface area contributed by atoms with Gasteiger partial charge in [-0.15, -0.1) is 0 Å². The number of para-hydroxylation sites is 1. The third-order valence-corrected chi connectivity index (χ3v) is 5.54. The van der Waals surface area contributed by atoms with E-state index in [4.69, 9.17) is 16.0 Å². The highest BCUT2D eigenvalue weighted by Crippen LogP contribution is 2.35. The van der Waals surface area contributed by atoms with Crippen molar-refractivity contribution in [3.63, 3.8) is 0 Å². The summed E-state index contributed by atoms with van der Waals surface area (Å²) in [5.41, 5.74) is 0.927. The second-order valence-corrected chi connectivity index (χ2v) is 7.80. The van der Waals surface area contributed by atoms with Crippen molar-refractivity contribution in [1.29, 1.82) is 0 Å². The third-order valence-electron chi connectivity index (χ3n) is 4.40. The number of nitro benzene ring substituents is 1. The van der Waals surface area contributed by atoms with Crippen molar-refractivity contribution in [2.24, 2.45) is 0 Å². The molecule has 2 heterocycles. The molecule has 4 rings (SSSR count). The van der Waals surface area contributed by atoms with Gasteiger partial charge in [-0.25, -0.2) is 0 Å². The number of thioether (sulfide) groups is 1. The zero-order valence-corrected chi connectivity index (χ0v) is 16.9. The van der Waals surface area contributed by atoms with Gasteiger partial charge in [0.05, 0.1) is 16.4 Å². The van der Waals surface area contributed by atoms with E-state index < -0.39 is 16.1 Å². The fraction of sp³-hybridized carbons (Fsp3) is 0.0476. The van der Waals surface area contributed by atoms with Crippen molar-refractivity contribution in [2.45, 2.75) is 6.54 Å². The summed E-state index contributed by atoms with van der Waals surface area (Å²) in [5.74, 6) is 0.452. The molecule has 0 radical (unpaired) electrons. The highest BCUT2D eigenvalue weighted by molar-refractivity contribution is 8.18. The summed E-state index contributed by atoms with van der Waals surface area (Å²) in [4.78, 5) is 36.9. The summed E-state index contributed by atoms with van der Waals surface area (Å²) in [7, 11) is 0. The van der Waals surface area contributed by atoms with Crippen LogP contribution in [0.1, 0.15) is 11.3 Å². The van der Waals surface area contributed by atoms with Crippen LogP contribution in [-0.4, -0.2) is 21.0 Å². The van der Waals surface area contributed by atoms with E-state index in [2.05, 4.69) is 0 Å². The molecule has 0 bridgehead atoms. The Morgan fingerprint density at radius 2 is 1.90 bits per heavy atom. The minimum absolute atomic E-state index is 0.141. The lowest BCUT2D eigenvalue weighted by Gasteiger charge is -2.12. The minimum atomic E-state index is -0.537. The first-order chi connectivity index (χ1) is 14.4. The quantitative estimate of drug-likeness (QED) is 0.285. The summed E-state index contributed by atoms with van der Waals surface area (Å²) in [6, 6.07) is 16.6. The van der Waals surface area contributed by atoms with Crippen LogP contribution in [0.3, 0.4) is 0 Å². The van der Waals surface area contributed by atoms with Crippen LogP contribution < -0.4 is 0 Å². The number of furan rings is 1. The molecule has 9 heteroatoms. The molecule has 2 aromatic carbocycles. The van der Waals surface area contributed by atoms with Crippen LogP contribution in [0.5, 0.6) is 0 Å². The lowest BCUT2D eigenvalue weighted by atomic mass is 10.1. The number of nitrogens with zero attached hydrogens (tertiary/aromatic N) is 2. The summed E-state index contributed by atoms with van der Waals surface area (Å²) >= 11 is 6.77. The maximum absolute atomic E-state index is 12.7. The highest BCUT2D eigenvalue weighted by atomic mass is 35.5. The Balaban J connectivity index is 1.56. The van der Waals surface area contributed by atoms with E-state index in [0.717, 1.165) is 22.2 Å². The normalized spacial score (nSPS) is 15.2. The van der Waals surface area contributed by atoms with Gasteiger partial charge in [-0.3, -0.25) is 24.6 Å². The Morgan fingerprint density at radius 3 is 2.67 bits per heavy atom. The molecule has 30 heavy (non-hydrogen) atoms. The summed E-state index contributed by atoms with van der Waals surface area (Å²) < 4.78 is 5.75. The van der Waals surface area contributed by atoms with Crippen molar-refractivity contribution in [3.8, 4) is 11.3 Å². The average Bonchev–Trinajstić information content (AvgIpc) is 3.29. The summed E-state index contributed by atoms with van der Waals surface area (Å²) in [5, 5.41) is 11.3. The average molecular weight is 441 g/mol. The molecule has 3 aromatic rings. The molecule has 0 spiro atoms. The number of carbonyl (C=O) groups is 2. The Kier molecular flexibility index (Phi) is 5.43. The standard InChI is InChI=1S/C21H13ClN2O5S/c22-15-6-3-5-13(10-15)18-9-8-16(29-18)11-19-20(25)23(21(26)30-19)12-14-4-1-2-7-17(14)24(27)28/h1-11H,12H2/b19-11-. The minimum Gasteiger partial charge on any atom is -0.457 e. The van der Waals surface area contributed by atoms with Crippen LogP contribution in [0.25, 0.3) is 17.4 Å². The Labute approximate surface area is 180 Å². The molecule has 2 amide bonds. The third kappa shape index (κ3) is 4.00. The van der Waals surface area contributed by atoms with E-state index in [1.54, 1.807) is 36.4 Å². The van der Waals surface area contributed by atoms with Crippen LogP contribution in [0.4, 0.5) is 10.5 Å². The number of imide groups is 1. The van der Waals surface area contributed by atoms with Gasteiger partial charge in [-0.05, 0) is 36.0 Å². The van der Waals surface area contributed by atoms with Gasteiger partial charge in [0.15, 0.2) is 0 Å². The molecule has 1 aromatic heterocycles. The number of benzene rings is 2. The molecule has 1 aliphatic rings. The second-order valence-electron chi connectivity index (χ2n) is 6.37. The van der Waals surface area contributed by atoms with Gasteiger partial charge >= 0.3 is 0 Å². The van der Waals surface area contributed by atoms with Crippen molar-refractivity contribution in [2.75, 3.05) is 0 Å². The Hall–Kier alpha value is -3.36. The molecule has 7 nitrogen and oxygen atoms in total. The maximum Gasteiger partial charge on any atom is 0.293 e. The topological polar surface area (TPSA) is 93.7 Å². The predicted molar refractivity (Wildman–Crippen MR) is 114 cm³/mol. The lowest BCUT2D eigenvalue weighted by Crippen LogP contribution is -2.27. The first-order valence-electron chi connectivity index (χ1n) is 8.76. The second kappa shape index (κ2) is 8.17. The molecule has 1 aliphatic heterocycles. The molecule has 150 valence electrons. The zero-order valence-electron chi connectivity index (χ0n) is 15.3. The van der Waals surface area contributed by atoms with Gasteiger partial charge in [-0.2, -0.15) is 0 Å². The van der Waals surface area contributed by atoms with E-state index in [-0.39, 0.29) is 22.7 Å². The van der Waals surface area contributed by atoms with Crippen molar-refractivity contribution in [1.82, 2.24) is 4.90 Å². The van der Waals surface area contributed by atoms with E-state index in [1.165, 1.54) is 24.3 Å². The Morgan fingerprint density at radius 1 is 1.10 bits per heavy atom. The summed E-state index contributed by atoms with van der Waals surface area (Å²) in [6.45, 7) is -0.176. The number of carbonyl (C=O) groups excluding carboxylic acids is 2. The zero-order chi connectivity index (χ0) is 21.3. The lowest BCUT2D eigenvalue weighted by molar-refractivity contribution is -0.385. The molecule has 1 fully saturated rings. The van der Waals surface area contributed by atoms with Crippen molar-refractivity contribution in [3.05, 3.63) is 92.0 Å². The van der Waals surface area contributed by atoms with Crippen LogP contribution in [0.2, 0.25) is 5.02 Å². The smallest absolute Gasteiger partial charge is 0.293 e. The highest BCUT2D eigenvalue weighted by Gasteiger charge is 2.36. The molecule has 1 saturated heterocycles. The molecule has 0 aliphatic carbocycles. The molecule has 0 N–H and O–H groups in total. The molecule has 0 atom stereocenters. The van der Waals surface area contributed by atoms with Crippen molar-refractivity contribution < 1.29 is 18.9 Å². The number of hydrogen-bond acceptors (Lipinski definition) is 6. The number of hydrogen-bond donors (Lipinski definition) is 0. The number of halogens is 1. The number of rotatable bonds is 5. The van der Waals surface area contributed by atoms with Gasteiger partial charge in [-0.1, -0.05) is 41.9 Å². The van der Waals surface area contributed by atoms with E-state index in [1.807, 2.05) is 6.07 Å². The predicted octanol–water partition coefficient (Wildman–Crippen LogP) is 5.74. The molecule has 0 unspecified atom stereocenters. The van der Waals surface area contributed by atoms with Crippen LogP contribution in [0, 0.1) is 10.1 Å². The van der Waals surface area contributed by atoms with E-state index in [0.29, 0.717) is 16.5 Å². The molecule has 0 saturated carbocycles. The summed E-state index contributed by atoms with van der Waals surface area (Å²) in [6.07, 6.45) is 1.48. The van der Waals surface area contributed by atoms with Gasteiger partial charge in [0.2, 0.25) is 0 Å². The number of nitro groups is 1. The van der Waals surface area contributed by atoms with Crippen molar-refractivity contribution >= 4 is 46.3 Å². The van der Waals surface area contributed by atoms with Gasteiger partial charge < -0.3 is 4.42 Å². The van der Waals surface area contributed by atoms with Crippen LogP contribution in [-0.2, 0) is 11.3 Å². The van der Waals surface area contributed by atoms with Crippen LogP contribution >= 0.6 is 23.4 Å². The largest absolute Gasteiger partial charge is 0.457 e. The van der Waals surface area contributed by atoms with E-state index in [9.17, 15) is 19.7 Å². The van der Waals surface area contributed by atoms with E-state index >= 15 is 0 Å². The SMILES string of the molecule is O=C1S/C(=C\c2ccc(-c3cccc(Cl)c3)o2)C(=O)N1Cc1ccccc1[N+](=O)[O-]. The van der Waals surface area contributed by atoms with Gasteiger partial charge in [0.1, 0.15) is 11.5 Å². The first kappa shape index (κ1) is 19.9. The fourth-order valence-corrected chi connectivity index (χ4v) is 3.99. The molecular formula is C21H13ClN2O5S. The fourth-order valence-electron chi connectivity index (χ4n) is 2.99. The Bertz CT molecular complexity index is 1200. The van der Waals surface area contributed by atoms with Gasteiger partial charge in [0, 0.05) is 28.3 Å². The monoisotopic (exact) mass is 440 g/mol. The number of amides is 2.